The van der Waals surface area contributed by atoms with Crippen molar-refractivity contribution >= 4 is 5.91 Å². The second-order valence-corrected chi connectivity index (χ2v) is 2.64. The molecule has 0 aromatic carbocycles. The van der Waals surface area contributed by atoms with Gasteiger partial charge in [0.1, 0.15) is 5.56 Å². The van der Waals surface area contributed by atoms with Crippen molar-refractivity contribution in [2.75, 3.05) is 14.2 Å². The van der Waals surface area contributed by atoms with Gasteiger partial charge in [0.25, 0.3) is 5.91 Å². The Morgan fingerprint density at radius 3 is 2.85 bits per heavy atom. The Bertz CT molecular complexity index is 318. The number of methoxy groups -OCH3 is 1. The molecule has 1 rings (SSSR count). The van der Waals surface area contributed by atoms with E-state index in [0.29, 0.717) is 5.56 Å². The summed E-state index contributed by atoms with van der Waals surface area (Å²) >= 11 is 0. The normalized spacial score (nSPS) is 9.85. The molecule has 72 valence electrons. The highest BCUT2D eigenvalue weighted by Crippen LogP contribution is 2.15. The Morgan fingerprint density at radius 1 is 1.77 bits per heavy atom. The van der Waals surface area contributed by atoms with E-state index in [-0.39, 0.29) is 11.8 Å². The SMILES string of the molecule is COc1nn(C)cc1C(=O)N(C)N. The van der Waals surface area contributed by atoms with Gasteiger partial charge in [0.2, 0.25) is 5.88 Å². The highest BCUT2D eigenvalue weighted by molar-refractivity contribution is 5.95. The van der Waals surface area contributed by atoms with Crippen LogP contribution in [0.15, 0.2) is 6.20 Å². The Balaban J connectivity index is 3.05. The van der Waals surface area contributed by atoms with Gasteiger partial charge in [-0.25, -0.2) is 5.84 Å². The van der Waals surface area contributed by atoms with Crippen molar-refractivity contribution in [1.29, 1.82) is 0 Å². The van der Waals surface area contributed by atoms with Crippen LogP contribution in [-0.2, 0) is 7.05 Å². The molecule has 6 heteroatoms. The van der Waals surface area contributed by atoms with Gasteiger partial charge in [-0.15, -0.1) is 5.10 Å². The van der Waals surface area contributed by atoms with Crippen molar-refractivity contribution in [2.24, 2.45) is 12.9 Å². The smallest absolute Gasteiger partial charge is 0.274 e. The van der Waals surface area contributed by atoms with Crippen LogP contribution in [0.25, 0.3) is 0 Å². The van der Waals surface area contributed by atoms with Gasteiger partial charge >= 0.3 is 0 Å². The molecule has 0 fully saturated rings. The first-order chi connectivity index (χ1) is 6.06. The van der Waals surface area contributed by atoms with Crippen molar-refractivity contribution < 1.29 is 9.53 Å². The second-order valence-electron chi connectivity index (χ2n) is 2.64. The van der Waals surface area contributed by atoms with Gasteiger partial charge in [0.05, 0.1) is 7.11 Å². The van der Waals surface area contributed by atoms with Crippen LogP contribution in [-0.4, -0.2) is 34.9 Å². The molecule has 6 nitrogen and oxygen atoms in total. The summed E-state index contributed by atoms with van der Waals surface area (Å²) in [6, 6.07) is 0. The fourth-order valence-electron chi connectivity index (χ4n) is 0.956. The first-order valence-electron chi connectivity index (χ1n) is 3.66. The molecule has 2 N–H and O–H groups in total. The average molecular weight is 184 g/mol. The Morgan fingerprint density at radius 2 is 2.38 bits per heavy atom. The van der Waals surface area contributed by atoms with E-state index in [9.17, 15) is 4.79 Å². The van der Waals surface area contributed by atoms with Crippen LogP contribution in [0.1, 0.15) is 10.4 Å². The van der Waals surface area contributed by atoms with Crippen LogP contribution in [0.2, 0.25) is 0 Å². The lowest BCUT2D eigenvalue weighted by atomic mass is 10.3. The third kappa shape index (κ3) is 1.78. The molecule has 0 aliphatic rings. The minimum Gasteiger partial charge on any atom is -0.479 e. The van der Waals surface area contributed by atoms with E-state index >= 15 is 0 Å². The molecule has 1 aromatic heterocycles. The van der Waals surface area contributed by atoms with Gasteiger partial charge in [-0.3, -0.25) is 14.5 Å². The van der Waals surface area contributed by atoms with E-state index < -0.39 is 0 Å². The fraction of sp³-hybridized carbons (Fsp3) is 0.429. The summed E-state index contributed by atoms with van der Waals surface area (Å²) in [5.74, 6) is 5.25. The summed E-state index contributed by atoms with van der Waals surface area (Å²) in [5, 5.41) is 4.91. The van der Waals surface area contributed by atoms with E-state index in [1.54, 1.807) is 13.2 Å². The number of amides is 1. The van der Waals surface area contributed by atoms with Gasteiger partial charge in [-0.05, 0) is 0 Å². The molecule has 0 spiro atoms. The van der Waals surface area contributed by atoms with Crippen molar-refractivity contribution in [2.45, 2.75) is 0 Å². The molecule has 0 unspecified atom stereocenters. The molecule has 0 aliphatic carbocycles. The molecule has 0 saturated heterocycles. The fourth-order valence-corrected chi connectivity index (χ4v) is 0.956. The molecule has 0 aliphatic heterocycles. The van der Waals surface area contributed by atoms with Crippen molar-refractivity contribution in [1.82, 2.24) is 14.8 Å². The van der Waals surface area contributed by atoms with Crippen molar-refractivity contribution in [3.8, 4) is 5.88 Å². The summed E-state index contributed by atoms with van der Waals surface area (Å²) in [6.07, 6.45) is 1.56. The number of carbonyl (C=O) groups excluding carboxylic acids is 1. The average Bonchev–Trinajstić information content (AvgIpc) is 2.45. The van der Waals surface area contributed by atoms with Gasteiger partial charge < -0.3 is 4.74 Å². The van der Waals surface area contributed by atoms with Gasteiger partial charge in [-0.2, -0.15) is 0 Å². The van der Waals surface area contributed by atoms with E-state index in [1.165, 1.54) is 18.8 Å². The largest absolute Gasteiger partial charge is 0.479 e. The zero-order valence-electron chi connectivity index (χ0n) is 7.81. The first-order valence-corrected chi connectivity index (χ1v) is 3.66. The summed E-state index contributed by atoms with van der Waals surface area (Å²) < 4.78 is 6.40. The summed E-state index contributed by atoms with van der Waals surface area (Å²) in [5.41, 5.74) is 0.356. The van der Waals surface area contributed by atoms with Crippen LogP contribution < -0.4 is 10.6 Å². The zero-order chi connectivity index (χ0) is 10.0. The van der Waals surface area contributed by atoms with Crippen LogP contribution in [0, 0.1) is 0 Å². The van der Waals surface area contributed by atoms with Crippen molar-refractivity contribution in [3.05, 3.63) is 11.8 Å². The predicted molar refractivity (Wildman–Crippen MR) is 46.0 cm³/mol. The van der Waals surface area contributed by atoms with E-state index in [2.05, 4.69) is 5.10 Å². The Kier molecular flexibility index (Phi) is 2.52. The minimum atomic E-state index is -0.329. The van der Waals surface area contributed by atoms with Gasteiger partial charge in [0, 0.05) is 20.3 Å². The number of carbonyl (C=O) groups is 1. The number of aryl methyl sites for hydroxylation is 1. The minimum absolute atomic E-state index is 0.282. The molecule has 1 heterocycles. The molecule has 0 radical (unpaired) electrons. The molecule has 13 heavy (non-hydrogen) atoms. The van der Waals surface area contributed by atoms with E-state index in [4.69, 9.17) is 10.6 Å². The molecule has 1 amide bonds. The summed E-state index contributed by atoms with van der Waals surface area (Å²) in [7, 11) is 4.63. The third-order valence-corrected chi connectivity index (χ3v) is 1.54. The number of hydrazine groups is 1. The predicted octanol–water partition coefficient (Wildman–Crippen LogP) is -0.626. The van der Waals surface area contributed by atoms with Crippen LogP contribution in [0.4, 0.5) is 0 Å². The van der Waals surface area contributed by atoms with Gasteiger partial charge in [0.15, 0.2) is 0 Å². The maximum atomic E-state index is 11.4. The lowest BCUT2D eigenvalue weighted by Gasteiger charge is -2.08. The van der Waals surface area contributed by atoms with E-state index in [1.807, 2.05) is 0 Å². The topological polar surface area (TPSA) is 73.4 Å². The number of nitrogens with two attached hydrogens (primary N) is 1. The lowest BCUT2D eigenvalue weighted by molar-refractivity contribution is 0.0791. The lowest BCUT2D eigenvalue weighted by Crippen LogP contribution is -2.33. The number of hydrogen-bond acceptors (Lipinski definition) is 4. The third-order valence-electron chi connectivity index (χ3n) is 1.54. The second kappa shape index (κ2) is 3.44. The monoisotopic (exact) mass is 184 g/mol. The Hall–Kier alpha value is -1.56. The molecular weight excluding hydrogens is 172 g/mol. The van der Waals surface area contributed by atoms with Crippen LogP contribution >= 0.6 is 0 Å². The van der Waals surface area contributed by atoms with Crippen LogP contribution in [0.5, 0.6) is 5.88 Å². The maximum absolute atomic E-state index is 11.4. The van der Waals surface area contributed by atoms with Crippen LogP contribution in [0.3, 0.4) is 0 Å². The van der Waals surface area contributed by atoms with E-state index in [0.717, 1.165) is 5.01 Å². The summed E-state index contributed by atoms with van der Waals surface area (Å²) in [4.78, 5) is 11.4. The van der Waals surface area contributed by atoms with Gasteiger partial charge in [-0.1, -0.05) is 0 Å². The molecule has 0 bridgehead atoms. The maximum Gasteiger partial charge on any atom is 0.274 e. The zero-order valence-corrected chi connectivity index (χ0v) is 7.81. The number of rotatable bonds is 2. The number of ether oxygens (including phenoxy) is 1. The first kappa shape index (κ1) is 9.53. The standard InChI is InChI=1S/C7H12N4O2/c1-10-4-5(6(9-10)13-3)7(12)11(2)8/h4H,8H2,1-3H3. The number of aromatic nitrogens is 2. The molecule has 0 atom stereocenters. The highest BCUT2D eigenvalue weighted by Gasteiger charge is 2.17. The molecule has 0 saturated carbocycles. The highest BCUT2D eigenvalue weighted by atomic mass is 16.5. The Labute approximate surface area is 75.8 Å². The molecular formula is C7H12N4O2. The molecule has 1 aromatic rings. The van der Waals surface area contributed by atoms with Crippen molar-refractivity contribution in [3.63, 3.8) is 0 Å². The number of nitrogens with zero attached hydrogens (tertiary/aromatic N) is 3. The summed E-state index contributed by atoms with van der Waals surface area (Å²) in [6.45, 7) is 0. The number of hydrogen-bond donors (Lipinski definition) is 1. The quantitative estimate of drug-likeness (QED) is 0.377.